The Hall–Kier alpha value is -1.60. The predicted octanol–water partition coefficient (Wildman–Crippen LogP) is 2.24. The molecule has 0 aliphatic rings. The van der Waals surface area contributed by atoms with Crippen LogP contribution in [0.2, 0.25) is 5.02 Å². The van der Waals surface area contributed by atoms with Crippen molar-refractivity contribution in [2.24, 2.45) is 0 Å². The number of esters is 1. The largest absolute Gasteiger partial charge is 0.480 e. The Labute approximate surface area is 134 Å². The number of nitrogens with one attached hydrogen (secondary N) is 1. The highest BCUT2D eigenvalue weighted by molar-refractivity contribution is 9.10. The summed E-state index contributed by atoms with van der Waals surface area (Å²) in [5.41, 5.74) is 0.148. The molecule has 8 heteroatoms. The third-order valence-corrected chi connectivity index (χ3v) is 3.96. The number of hydrogen-bond donors (Lipinski definition) is 2. The molecule has 0 fully saturated rings. The van der Waals surface area contributed by atoms with E-state index in [9.17, 15) is 14.4 Å². The average Bonchev–Trinajstić information content (AvgIpc) is 2.45. The summed E-state index contributed by atoms with van der Waals surface area (Å²) in [6.07, 6.45) is -0.181. The number of benzene rings is 1. The summed E-state index contributed by atoms with van der Waals surface area (Å²) in [4.78, 5) is 34.2. The lowest BCUT2D eigenvalue weighted by Gasteiger charge is -2.14. The normalized spacial score (nSPS) is 11.6. The van der Waals surface area contributed by atoms with Gasteiger partial charge < -0.3 is 15.2 Å². The minimum Gasteiger partial charge on any atom is -0.480 e. The van der Waals surface area contributed by atoms with Gasteiger partial charge in [-0.1, -0.05) is 17.7 Å². The zero-order valence-electron chi connectivity index (χ0n) is 11.1. The molecule has 0 heterocycles. The van der Waals surface area contributed by atoms with Gasteiger partial charge in [0.2, 0.25) is 0 Å². The number of hydrogen-bond acceptors (Lipinski definition) is 4. The lowest BCUT2D eigenvalue weighted by molar-refractivity contribution is -0.142. The quantitative estimate of drug-likeness (QED) is 0.741. The first-order chi connectivity index (χ1) is 9.86. The molecule has 1 amide bonds. The van der Waals surface area contributed by atoms with Crippen LogP contribution in [0.5, 0.6) is 0 Å². The maximum atomic E-state index is 12.1. The second kappa shape index (κ2) is 7.99. The van der Waals surface area contributed by atoms with Crippen molar-refractivity contribution in [2.45, 2.75) is 18.9 Å². The zero-order valence-corrected chi connectivity index (χ0v) is 13.4. The van der Waals surface area contributed by atoms with E-state index >= 15 is 0 Å². The van der Waals surface area contributed by atoms with Crippen LogP contribution in [-0.2, 0) is 14.3 Å². The summed E-state index contributed by atoms with van der Waals surface area (Å²) < 4.78 is 4.96. The Bertz CT molecular complexity index is 563. The second-order valence-electron chi connectivity index (χ2n) is 4.08. The SMILES string of the molecule is COC(=O)CC[C@H](NC(=O)c1cccc(Br)c1Cl)C(=O)O. The molecule has 2 N–H and O–H groups in total. The fraction of sp³-hybridized carbons (Fsp3) is 0.308. The molecule has 1 atom stereocenters. The van der Waals surface area contributed by atoms with E-state index < -0.39 is 23.9 Å². The summed E-state index contributed by atoms with van der Waals surface area (Å²) in [5.74, 6) is -2.41. The van der Waals surface area contributed by atoms with Crippen LogP contribution in [0.3, 0.4) is 0 Å². The van der Waals surface area contributed by atoms with Crippen LogP contribution in [0.1, 0.15) is 23.2 Å². The third-order valence-electron chi connectivity index (χ3n) is 2.66. The van der Waals surface area contributed by atoms with E-state index in [-0.39, 0.29) is 23.4 Å². The highest BCUT2D eigenvalue weighted by Crippen LogP contribution is 2.26. The van der Waals surface area contributed by atoms with Gasteiger partial charge in [-0.05, 0) is 34.5 Å². The number of carboxylic acid groups (broad SMARTS) is 1. The van der Waals surface area contributed by atoms with Crippen molar-refractivity contribution in [1.82, 2.24) is 5.32 Å². The van der Waals surface area contributed by atoms with Crippen LogP contribution >= 0.6 is 27.5 Å². The maximum Gasteiger partial charge on any atom is 0.326 e. The van der Waals surface area contributed by atoms with Crippen molar-refractivity contribution in [3.05, 3.63) is 33.3 Å². The van der Waals surface area contributed by atoms with Crippen LogP contribution in [0.25, 0.3) is 0 Å². The van der Waals surface area contributed by atoms with Crippen LogP contribution < -0.4 is 5.32 Å². The molecule has 114 valence electrons. The number of rotatable bonds is 6. The summed E-state index contributed by atoms with van der Waals surface area (Å²) in [7, 11) is 1.21. The molecular weight excluding hydrogens is 366 g/mol. The lowest BCUT2D eigenvalue weighted by Crippen LogP contribution is -2.41. The van der Waals surface area contributed by atoms with Gasteiger partial charge in [-0.3, -0.25) is 9.59 Å². The van der Waals surface area contributed by atoms with Crippen molar-refractivity contribution in [3.63, 3.8) is 0 Å². The van der Waals surface area contributed by atoms with E-state index in [1.165, 1.54) is 13.2 Å². The molecule has 1 aromatic carbocycles. The number of halogens is 2. The molecule has 6 nitrogen and oxygen atoms in total. The third kappa shape index (κ3) is 5.02. The number of ether oxygens (including phenoxy) is 1. The highest BCUT2D eigenvalue weighted by Gasteiger charge is 2.23. The first-order valence-corrected chi connectivity index (χ1v) is 7.08. The van der Waals surface area contributed by atoms with E-state index in [1.54, 1.807) is 12.1 Å². The second-order valence-corrected chi connectivity index (χ2v) is 5.31. The van der Waals surface area contributed by atoms with E-state index in [1.807, 2.05) is 0 Å². The van der Waals surface area contributed by atoms with Gasteiger partial charge in [0.15, 0.2) is 0 Å². The fourth-order valence-electron chi connectivity index (χ4n) is 1.54. The molecule has 0 aliphatic heterocycles. The number of amides is 1. The minimum absolute atomic E-state index is 0.0701. The van der Waals surface area contributed by atoms with Gasteiger partial charge in [0.25, 0.3) is 5.91 Å². The fourth-order valence-corrected chi connectivity index (χ4v) is 2.11. The molecule has 1 aromatic rings. The summed E-state index contributed by atoms with van der Waals surface area (Å²) in [6, 6.07) is 3.54. The molecule has 0 bridgehead atoms. The Morgan fingerprint density at radius 2 is 2.10 bits per heavy atom. The molecule has 0 saturated carbocycles. The number of aliphatic carboxylic acids is 1. The van der Waals surface area contributed by atoms with Gasteiger partial charge in [-0.2, -0.15) is 0 Å². The van der Waals surface area contributed by atoms with Crippen molar-refractivity contribution < 1.29 is 24.2 Å². The predicted molar refractivity (Wildman–Crippen MR) is 79.3 cm³/mol. The molecule has 0 spiro atoms. The van der Waals surface area contributed by atoms with Crippen LogP contribution in [0.15, 0.2) is 22.7 Å². The smallest absolute Gasteiger partial charge is 0.326 e. The van der Waals surface area contributed by atoms with Gasteiger partial charge in [-0.25, -0.2) is 4.79 Å². The van der Waals surface area contributed by atoms with E-state index in [2.05, 4.69) is 26.0 Å². The minimum atomic E-state index is -1.24. The first-order valence-electron chi connectivity index (χ1n) is 5.91. The Kier molecular flexibility index (Phi) is 6.64. The van der Waals surface area contributed by atoms with Crippen molar-refractivity contribution >= 4 is 45.4 Å². The number of methoxy groups -OCH3 is 1. The standard InChI is InChI=1S/C13H13BrClNO5/c1-21-10(17)6-5-9(13(19)20)16-12(18)7-3-2-4-8(14)11(7)15/h2-4,9H,5-6H2,1H3,(H,16,18)(H,19,20)/t9-/m0/s1. The van der Waals surface area contributed by atoms with Gasteiger partial charge in [0, 0.05) is 10.9 Å². The Balaban J connectivity index is 2.79. The van der Waals surface area contributed by atoms with Crippen LogP contribution in [0.4, 0.5) is 0 Å². The molecule has 0 saturated heterocycles. The van der Waals surface area contributed by atoms with Crippen molar-refractivity contribution in [2.75, 3.05) is 7.11 Å². The van der Waals surface area contributed by atoms with E-state index in [0.717, 1.165) is 0 Å². The maximum absolute atomic E-state index is 12.1. The van der Waals surface area contributed by atoms with Crippen LogP contribution in [-0.4, -0.2) is 36.1 Å². The number of carbonyl (C=O) groups excluding carboxylic acids is 2. The van der Waals surface area contributed by atoms with Crippen LogP contribution in [0, 0.1) is 0 Å². The van der Waals surface area contributed by atoms with Gasteiger partial charge >= 0.3 is 11.9 Å². The summed E-state index contributed by atoms with van der Waals surface area (Å²) in [6.45, 7) is 0. The first kappa shape index (κ1) is 17.5. The highest BCUT2D eigenvalue weighted by atomic mass is 79.9. The molecule has 0 aromatic heterocycles. The monoisotopic (exact) mass is 377 g/mol. The molecule has 0 unspecified atom stereocenters. The number of carbonyl (C=O) groups is 3. The molecule has 0 radical (unpaired) electrons. The van der Waals surface area contributed by atoms with E-state index in [4.69, 9.17) is 16.7 Å². The summed E-state index contributed by atoms with van der Waals surface area (Å²) in [5, 5.41) is 11.6. The van der Waals surface area contributed by atoms with E-state index in [0.29, 0.717) is 4.47 Å². The molecular formula is C13H13BrClNO5. The molecule has 0 aliphatic carbocycles. The topological polar surface area (TPSA) is 92.7 Å². The van der Waals surface area contributed by atoms with Crippen molar-refractivity contribution in [1.29, 1.82) is 0 Å². The van der Waals surface area contributed by atoms with Crippen molar-refractivity contribution in [3.8, 4) is 0 Å². The molecule has 21 heavy (non-hydrogen) atoms. The van der Waals surface area contributed by atoms with Gasteiger partial charge in [0.05, 0.1) is 17.7 Å². The molecule has 1 rings (SSSR count). The summed E-state index contributed by atoms with van der Waals surface area (Å²) >= 11 is 9.15. The Morgan fingerprint density at radius 1 is 1.43 bits per heavy atom. The Morgan fingerprint density at radius 3 is 2.67 bits per heavy atom. The van der Waals surface area contributed by atoms with Gasteiger partial charge in [0.1, 0.15) is 6.04 Å². The average molecular weight is 379 g/mol. The zero-order chi connectivity index (χ0) is 16.0. The van der Waals surface area contributed by atoms with Gasteiger partial charge in [-0.15, -0.1) is 0 Å². The lowest BCUT2D eigenvalue weighted by atomic mass is 10.1. The number of carboxylic acids is 1.